The molecule has 0 saturated carbocycles. The van der Waals surface area contributed by atoms with Crippen molar-refractivity contribution in [1.82, 2.24) is 4.98 Å². The van der Waals surface area contributed by atoms with Crippen molar-refractivity contribution < 1.29 is 17.6 Å². The molecule has 1 aromatic carbocycles. The van der Waals surface area contributed by atoms with Crippen molar-refractivity contribution in [3.8, 4) is 0 Å². The quantitative estimate of drug-likeness (QED) is 0.854. The molecule has 1 unspecified atom stereocenters. The lowest BCUT2D eigenvalue weighted by molar-refractivity contribution is -0.138. The van der Waals surface area contributed by atoms with Crippen LogP contribution in [0.2, 0.25) is 5.02 Å². The van der Waals surface area contributed by atoms with Crippen molar-refractivity contribution in [3.63, 3.8) is 0 Å². The number of halogens is 5. The number of rotatable bonds is 2. The summed E-state index contributed by atoms with van der Waals surface area (Å²) in [7, 11) is 0. The summed E-state index contributed by atoms with van der Waals surface area (Å²) < 4.78 is 52.6. The first-order chi connectivity index (χ1) is 9.32. The van der Waals surface area contributed by atoms with Crippen molar-refractivity contribution in [2.45, 2.75) is 12.2 Å². The smallest absolute Gasteiger partial charge is 0.320 e. The van der Waals surface area contributed by atoms with Crippen LogP contribution in [-0.4, -0.2) is 4.98 Å². The number of hydrogen-bond acceptors (Lipinski definition) is 2. The fourth-order valence-electron chi connectivity index (χ4n) is 1.84. The number of alkyl halides is 3. The minimum atomic E-state index is -4.59. The van der Waals surface area contributed by atoms with E-state index in [1.807, 2.05) is 0 Å². The summed E-state index contributed by atoms with van der Waals surface area (Å²) >= 11 is 5.61. The summed E-state index contributed by atoms with van der Waals surface area (Å²) in [4.78, 5) is 3.62. The summed E-state index contributed by atoms with van der Waals surface area (Å²) in [5.74, 6) is -0.835. The van der Waals surface area contributed by atoms with Crippen LogP contribution in [0, 0.1) is 5.82 Å². The number of aromatic nitrogens is 1. The van der Waals surface area contributed by atoms with Crippen LogP contribution in [0.3, 0.4) is 0 Å². The van der Waals surface area contributed by atoms with Crippen LogP contribution >= 0.6 is 11.6 Å². The molecule has 0 amide bonds. The van der Waals surface area contributed by atoms with Crippen LogP contribution in [-0.2, 0) is 6.18 Å². The second-order valence-electron chi connectivity index (χ2n) is 4.08. The normalized spacial score (nSPS) is 13.3. The average Bonchev–Trinajstić information content (AvgIpc) is 2.40. The Morgan fingerprint density at radius 2 is 1.85 bits per heavy atom. The molecule has 0 spiro atoms. The molecule has 2 rings (SSSR count). The van der Waals surface area contributed by atoms with Crippen LogP contribution in [0.25, 0.3) is 0 Å². The van der Waals surface area contributed by atoms with Gasteiger partial charge >= 0.3 is 6.18 Å². The molecule has 2 aromatic rings. The lowest BCUT2D eigenvalue weighted by Gasteiger charge is -2.18. The Balaban J connectivity index is 2.55. The van der Waals surface area contributed by atoms with E-state index < -0.39 is 23.6 Å². The summed E-state index contributed by atoms with van der Waals surface area (Å²) in [6, 6.07) is 3.50. The van der Waals surface area contributed by atoms with E-state index in [-0.39, 0.29) is 16.1 Å². The van der Waals surface area contributed by atoms with E-state index >= 15 is 0 Å². The first kappa shape index (κ1) is 14.7. The molecule has 0 aliphatic heterocycles. The van der Waals surface area contributed by atoms with Gasteiger partial charge in [-0.2, -0.15) is 13.2 Å². The third-order valence-electron chi connectivity index (χ3n) is 2.81. The molecular formula is C13H9ClF4N2. The maximum absolute atomic E-state index is 13.9. The highest BCUT2D eigenvalue weighted by Crippen LogP contribution is 2.36. The van der Waals surface area contributed by atoms with Crippen LogP contribution in [0.15, 0.2) is 36.7 Å². The Labute approximate surface area is 117 Å². The Bertz CT molecular complexity index is 628. The molecule has 7 heteroatoms. The SMILES string of the molecule is NC(c1cnccc1C(F)(F)F)c1cccc(Cl)c1F. The van der Waals surface area contributed by atoms with E-state index in [1.54, 1.807) is 0 Å². The predicted molar refractivity (Wildman–Crippen MR) is 66.7 cm³/mol. The first-order valence-electron chi connectivity index (χ1n) is 5.53. The van der Waals surface area contributed by atoms with E-state index in [0.717, 1.165) is 18.5 Å². The molecule has 1 atom stereocenters. The van der Waals surface area contributed by atoms with E-state index in [4.69, 9.17) is 17.3 Å². The minimum absolute atomic E-state index is 0.115. The lowest BCUT2D eigenvalue weighted by Crippen LogP contribution is -2.19. The number of nitrogens with two attached hydrogens (primary N) is 1. The molecule has 0 aliphatic rings. The highest BCUT2D eigenvalue weighted by atomic mass is 35.5. The van der Waals surface area contributed by atoms with Gasteiger partial charge in [0.1, 0.15) is 5.82 Å². The molecule has 0 aliphatic carbocycles. The van der Waals surface area contributed by atoms with Crippen molar-refractivity contribution in [1.29, 1.82) is 0 Å². The standard InChI is InChI=1S/C13H9ClF4N2/c14-10-3-1-2-7(11(10)15)12(19)8-6-20-5-4-9(8)13(16,17)18/h1-6,12H,19H2. The second-order valence-corrected chi connectivity index (χ2v) is 4.49. The molecule has 2 N–H and O–H groups in total. The Morgan fingerprint density at radius 1 is 1.15 bits per heavy atom. The lowest BCUT2D eigenvalue weighted by atomic mass is 9.96. The van der Waals surface area contributed by atoms with Crippen molar-refractivity contribution in [3.05, 3.63) is 64.2 Å². The number of hydrogen-bond donors (Lipinski definition) is 1. The molecule has 1 heterocycles. The zero-order chi connectivity index (χ0) is 14.9. The van der Waals surface area contributed by atoms with Gasteiger partial charge in [-0.05, 0) is 12.1 Å². The molecule has 2 nitrogen and oxygen atoms in total. The van der Waals surface area contributed by atoms with Gasteiger partial charge in [0.25, 0.3) is 0 Å². The maximum Gasteiger partial charge on any atom is 0.416 e. The average molecular weight is 305 g/mol. The van der Waals surface area contributed by atoms with E-state index in [2.05, 4.69) is 4.98 Å². The summed E-state index contributed by atoms with van der Waals surface area (Å²) in [5.41, 5.74) is 4.38. The topological polar surface area (TPSA) is 38.9 Å². The monoisotopic (exact) mass is 304 g/mol. The Hall–Kier alpha value is -1.66. The Kier molecular flexibility index (Phi) is 3.96. The first-order valence-corrected chi connectivity index (χ1v) is 5.90. The van der Waals surface area contributed by atoms with Crippen molar-refractivity contribution >= 4 is 11.6 Å². The second kappa shape index (κ2) is 5.38. The van der Waals surface area contributed by atoms with Gasteiger partial charge in [0.05, 0.1) is 16.6 Å². The van der Waals surface area contributed by atoms with Gasteiger partial charge in [0.15, 0.2) is 0 Å². The molecule has 20 heavy (non-hydrogen) atoms. The zero-order valence-electron chi connectivity index (χ0n) is 9.96. The summed E-state index contributed by atoms with van der Waals surface area (Å²) in [5, 5.41) is -0.199. The highest BCUT2D eigenvalue weighted by molar-refractivity contribution is 6.30. The Morgan fingerprint density at radius 3 is 2.50 bits per heavy atom. The van der Waals surface area contributed by atoms with Gasteiger partial charge in [-0.25, -0.2) is 4.39 Å². The van der Waals surface area contributed by atoms with E-state index in [1.165, 1.54) is 18.2 Å². The van der Waals surface area contributed by atoms with Crippen LogP contribution in [0.5, 0.6) is 0 Å². The summed E-state index contributed by atoms with van der Waals surface area (Å²) in [6.45, 7) is 0. The molecule has 0 fully saturated rings. The molecule has 106 valence electrons. The fraction of sp³-hybridized carbons (Fsp3) is 0.154. The fourth-order valence-corrected chi connectivity index (χ4v) is 2.02. The largest absolute Gasteiger partial charge is 0.416 e. The van der Waals surface area contributed by atoms with Crippen LogP contribution < -0.4 is 5.73 Å². The molecule has 0 saturated heterocycles. The molecular weight excluding hydrogens is 296 g/mol. The van der Waals surface area contributed by atoms with Crippen LogP contribution in [0.4, 0.5) is 17.6 Å². The third-order valence-corrected chi connectivity index (χ3v) is 3.10. The molecule has 1 aromatic heterocycles. The van der Waals surface area contributed by atoms with E-state index in [9.17, 15) is 17.6 Å². The summed E-state index contributed by atoms with van der Waals surface area (Å²) in [6.07, 6.45) is -2.61. The van der Waals surface area contributed by atoms with Gasteiger partial charge < -0.3 is 5.73 Å². The molecule has 0 radical (unpaired) electrons. The predicted octanol–water partition coefficient (Wildman–Crippen LogP) is 3.94. The highest BCUT2D eigenvalue weighted by Gasteiger charge is 2.35. The van der Waals surface area contributed by atoms with Crippen molar-refractivity contribution in [2.75, 3.05) is 0 Å². The van der Waals surface area contributed by atoms with E-state index in [0.29, 0.717) is 0 Å². The number of nitrogens with zero attached hydrogens (tertiary/aromatic N) is 1. The van der Waals surface area contributed by atoms with Crippen molar-refractivity contribution in [2.24, 2.45) is 5.73 Å². The number of pyridine rings is 1. The number of benzene rings is 1. The van der Waals surface area contributed by atoms with Gasteiger partial charge in [-0.15, -0.1) is 0 Å². The molecule has 0 bridgehead atoms. The van der Waals surface area contributed by atoms with Gasteiger partial charge in [-0.1, -0.05) is 23.7 Å². The van der Waals surface area contributed by atoms with Crippen LogP contribution in [0.1, 0.15) is 22.7 Å². The third kappa shape index (κ3) is 2.76. The van der Waals surface area contributed by atoms with Gasteiger partial charge in [-0.3, -0.25) is 4.98 Å². The minimum Gasteiger partial charge on any atom is -0.320 e. The van der Waals surface area contributed by atoms with Gasteiger partial charge in [0.2, 0.25) is 0 Å². The zero-order valence-corrected chi connectivity index (χ0v) is 10.7. The van der Waals surface area contributed by atoms with Gasteiger partial charge in [0, 0.05) is 23.5 Å². The maximum atomic E-state index is 13.9.